The lowest BCUT2D eigenvalue weighted by molar-refractivity contribution is -0.115. The molecule has 1 amide bonds. The van der Waals surface area contributed by atoms with E-state index in [0.717, 1.165) is 11.1 Å². The first kappa shape index (κ1) is 16.9. The zero-order chi connectivity index (χ0) is 17.6. The predicted octanol–water partition coefficient (Wildman–Crippen LogP) is 2.91. The second kappa shape index (κ2) is 7.76. The molecule has 0 aliphatic rings. The molecule has 0 saturated heterocycles. The maximum Gasteiger partial charge on any atom is 0.237 e. The van der Waals surface area contributed by atoms with Crippen molar-refractivity contribution in [1.29, 1.82) is 0 Å². The van der Waals surface area contributed by atoms with Gasteiger partial charge in [0.25, 0.3) is 0 Å². The van der Waals surface area contributed by atoms with E-state index in [-0.39, 0.29) is 18.1 Å². The van der Waals surface area contributed by atoms with Gasteiger partial charge in [-0.25, -0.2) is 9.37 Å². The van der Waals surface area contributed by atoms with E-state index in [2.05, 4.69) is 15.3 Å². The van der Waals surface area contributed by atoms with Crippen molar-refractivity contribution < 1.29 is 18.7 Å². The Labute approximate surface area is 144 Å². The largest absolute Gasteiger partial charge is 0.474 e. The van der Waals surface area contributed by atoms with Crippen LogP contribution in [-0.4, -0.2) is 36.2 Å². The molecule has 2 N–H and O–H groups in total. The van der Waals surface area contributed by atoms with Gasteiger partial charge in [-0.05, 0) is 35.9 Å². The van der Waals surface area contributed by atoms with Crippen molar-refractivity contribution >= 4 is 22.5 Å². The average molecular weight is 343 g/mol. The van der Waals surface area contributed by atoms with Gasteiger partial charge < -0.3 is 19.8 Å². The van der Waals surface area contributed by atoms with Crippen LogP contribution in [-0.2, 0) is 16.0 Å². The number of H-pyrrole nitrogens is 1. The van der Waals surface area contributed by atoms with E-state index < -0.39 is 0 Å². The molecule has 6 nitrogen and oxygen atoms in total. The number of hydrogen-bond acceptors (Lipinski definition) is 4. The number of nitrogens with one attached hydrogen (secondary N) is 2. The Morgan fingerprint density at radius 2 is 2.20 bits per heavy atom. The van der Waals surface area contributed by atoms with E-state index in [1.165, 1.54) is 12.1 Å². The van der Waals surface area contributed by atoms with Crippen LogP contribution in [0.15, 0.2) is 42.7 Å². The maximum absolute atomic E-state index is 13.4. The fourth-order valence-electron chi connectivity index (χ4n) is 2.49. The van der Waals surface area contributed by atoms with Gasteiger partial charge in [0.2, 0.25) is 11.8 Å². The SMILES string of the molecule is COCCOc1ncccc1NC(=O)Cc1c[nH]c2ccc(F)cc12. The van der Waals surface area contributed by atoms with E-state index in [4.69, 9.17) is 9.47 Å². The first-order valence-electron chi connectivity index (χ1n) is 7.79. The van der Waals surface area contributed by atoms with E-state index in [9.17, 15) is 9.18 Å². The maximum atomic E-state index is 13.4. The Morgan fingerprint density at radius 1 is 1.32 bits per heavy atom. The van der Waals surface area contributed by atoms with Gasteiger partial charge in [-0.2, -0.15) is 0 Å². The quantitative estimate of drug-likeness (QED) is 0.647. The van der Waals surface area contributed by atoms with Crippen LogP contribution in [0.4, 0.5) is 10.1 Å². The predicted molar refractivity (Wildman–Crippen MR) is 92.2 cm³/mol. The van der Waals surface area contributed by atoms with Gasteiger partial charge in [0.15, 0.2) is 0 Å². The lowest BCUT2D eigenvalue weighted by atomic mass is 10.1. The number of fused-ring (bicyclic) bond motifs is 1. The molecule has 0 spiro atoms. The van der Waals surface area contributed by atoms with E-state index in [1.807, 2.05) is 0 Å². The third-order valence-electron chi connectivity index (χ3n) is 3.65. The molecule has 0 radical (unpaired) electrons. The van der Waals surface area contributed by atoms with Crippen molar-refractivity contribution in [3.63, 3.8) is 0 Å². The van der Waals surface area contributed by atoms with Gasteiger partial charge >= 0.3 is 0 Å². The number of benzene rings is 1. The van der Waals surface area contributed by atoms with Gasteiger partial charge in [0.1, 0.15) is 18.1 Å². The molecular weight excluding hydrogens is 325 g/mol. The number of amides is 1. The molecular formula is C18H18FN3O3. The van der Waals surface area contributed by atoms with Crippen LogP contribution in [0.5, 0.6) is 5.88 Å². The highest BCUT2D eigenvalue weighted by Crippen LogP contribution is 2.23. The second-order valence-corrected chi connectivity index (χ2v) is 5.43. The highest BCUT2D eigenvalue weighted by atomic mass is 19.1. The van der Waals surface area contributed by atoms with Crippen molar-refractivity contribution in [3.05, 3.63) is 54.1 Å². The highest BCUT2D eigenvalue weighted by Gasteiger charge is 2.12. The normalized spacial score (nSPS) is 10.8. The first-order valence-corrected chi connectivity index (χ1v) is 7.79. The molecule has 7 heteroatoms. The molecule has 0 fully saturated rings. The summed E-state index contributed by atoms with van der Waals surface area (Å²) in [6, 6.07) is 7.86. The van der Waals surface area contributed by atoms with Crippen LogP contribution in [0.3, 0.4) is 0 Å². The zero-order valence-corrected chi connectivity index (χ0v) is 13.7. The highest BCUT2D eigenvalue weighted by molar-refractivity contribution is 5.96. The van der Waals surface area contributed by atoms with Crippen molar-refractivity contribution in [1.82, 2.24) is 9.97 Å². The third-order valence-corrected chi connectivity index (χ3v) is 3.65. The molecule has 3 rings (SSSR count). The summed E-state index contributed by atoms with van der Waals surface area (Å²) in [6.45, 7) is 0.753. The number of halogens is 1. The number of methoxy groups -OCH3 is 1. The van der Waals surface area contributed by atoms with Crippen LogP contribution in [0.25, 0.3) is 10.9 Å². The minimum atomic E-state index is -0.338. The van der Waals surface area contributed by atoms with E-state index >= 15 is 0 Å². The average Bonchev–Trinajstić information content (AvgIpc) is 2.98. The Hall–Kier alpha value is -2.93. The summed E-state index contributed by atoms with van der Waals surface area (Å²) in [7, 11) is 1.58. The smallest absolute Gasteiger partial charge is 0.237 e. The molecule has 0 saturated carbocycles. The molecule has 130 valence electrons. The molecule has 3 aromatic rings. The van der Waals surface area contributed by atoms with Crippen LogP contribution in [0.1, 0.15) is 5.56 Å². The Balaban J connectivity index is 1.71. The number of aromatic nitrogens is 2. The Bertz CT molecular complexity index is 879. The first-order chi connectivity index (χ1) is 12.2. The van der Waals surface area contributed by atoms with Gasteiger partial charge in [0, 0.05) is 30.4 Å². The number of hydrogen-bond donors (Lipinski definition) is 2. The fraction of sp³-hybridized carbons (Fsp3) is 0.222. The van der Waals surface area contributed by atoms with Gasteiger partial charge in [-0.3, -0.25) is 4.79 Å². The van der Waals surface area contributed by atoms with Crippen molar-refractivity contribution in [2.75, 3.05) is 25.6 Å². The molecule has 2 heterocycles. The summed E-state index contributed by atoms with van der Waals surface area (Å²) in [5.74, 6) is -0.248. The summed E-state index contributed by atoms with van der Waals surface area (Å²) in [5, 5.41) is 3.47. The summed E-state index contributed by atoms with van der Waals surface area (Å²) in [5.41, 5.74) is 1.99. The van der Waals surface area contributed by atoms with Crippen LogP contribution in [0.2, 0.25) is 0 Å². The van der Waals surface area contributed by atoms with Gasteiger partial charge in [-0.15, -0.1) is 0 Å². The third kappa shape index (κ3) is 4.13. The molecule has 0 atom stereocenters. The molecule has 0 unspecified atom stereocenters. The molecule has 2 aromatic heterocycles. The molecule has 0 aliphatic carbocycles. The van der Waals surface area contributed by atoms with Gasteiger partial charge in [-0.1, -0.05) is 0 Å². The number of aromatic amines is 1. The lowest BCUT2D eigenvalue weighted by Crippen LogP contribution is -2.16. The van der Waals surface area contributed by atoms with Crippen molar-refractivity contribution in [2.45, 2.75) is 6.42 Å². The van der Waals surface area contributed by atoms with Gasteiger partial charge in [0.05, 0.1) is 13.0 Å². The number of pyridine rings is 1. The molecule has 0 bridgehead atoms. The Morgan fingerprint density at radius 3 is 3.04 bits per heavy atom. The van der Waals surface area contributed by atoms with Crippen molar-refractivity contribution in [2.24, 2.45) is 0 Å². The number of carbonyl (C=O) groups is 1. The van der Waals surface area contributed by atoms with E-state index in [0.29, 0.717) is 30.2 Å². The molecule has 1 aromatic carbocycles. The monoisotopic (exact) mass is 343 g/mol. The zero-order valence-electron chi connectivity index (χ0n) is 13.7. The molecule has 0 aliphatic heterocycles. The topological polar surface area (TPSA) is 76.2 Å². The number of carbonyl (C=O) groups excluding carboxylic acids is 1. The second-order valence-electron chi connectivity index (χ2n) is 5.43. The minimum absolute atomic E-state index is 0.107. The molecule has 25 heavy (non-hydrogen) atoms. The van der Waals surface area contributed by atoms with Crippen molar-refractivity contribution in [3.8, 4) is 5.88 Å². The summed E-state index contributed by atoms with van der Waals surface area (Å²) < 4.78 is 23.9. The van der Waals surface area contributed by atoms with Crippen LogP contribution >= 0.6 is 0 Å². The van der Waals surface area contributed by atoms with E-state index in [1.54, 1.807) is 37.7 Å². The summed E-state index contributed by atoms with van der Waals surface area (Å²) in [4.78, 5) is 19.5. The van der Waals surface area contributed by atoms with Crippen LogP contribution in [0, 0.1) is 5.82 Å². The number of rotatable bonds is 7. The summed E-state index contributed by atoms with van der Waals surface area (Å²) in [6.07, 6.45) is 3.40. The standard InChI is InChI=1S/C18H18FN3O3/c1-24-7-8-25-18-16(3-2-6-20-18)22-17(23)9-12-11-21-15-5-4-13(19)10-14(12)15/h2-6,10-11,21H,7-9H2,1H3,(H,22,23). The number of anilines is 1. The Kier molecular flexibility index (Phi) is 5.25. The lowest BCUT2D eigenvalue weighted by Gasteiger charge is -2.10. The fourth-order valence-corrected chi connectivity index (χ4v) is 2.49. The number of nitrogens with zero attached hydrogens (tertiary/aromatic N) is 1. The number of ether oxygens (including phenoxy) is 2. The summed E-state index contributed by atoms with van der Waals surface area (Å²) >= 11 is 0. The van der Waals surface area contributed by atoms with Crippen LogP contribution < -0.4 is 10.1 Å². The minimum Gasteiger partial charge on any atom is -0.474 e.